The fraction of sp³-hybridized carbons (Fsp3) is 0.240. The van der Waals surface area contributed by atoms with Crippen LogP contribution in [0, 0.1) is 0 Å². The largest absolute Gasteiger partial charge is 0.497 e. The smallest absolute Gasteiger partial charge is 0.255 e. The molecule has 0 spiro atoms. The van der Waals surface area contributed by atoms with Gasteiger partial charge in [-0.2, -0.15) is 0 Å². The van der Waals surface area contributed by atoms with Crippen molar-refractivity contribution in [2.45, 2.75) is 13.5 Å². The molecule has 0 saturated carbocycles. The fourth-order valence-electron chi connectivity index (χ4n) is 3.06. The first kappa shape index (κ1) is 22.8. The predicted molar refractivity (Wildman–Crippen MR) is 122 cm³/mol. The lowest BCUT2D eigenvalue weighted by atomic mass is 10.1. The Kier molecular flexibility index (Phi) is 7.80. The maximum atomic E-state index is 12.9. The van der Waals surface area contributed by atoms with Crippen LogP contribution in [0.25, 0.3) is 0 Å². The summed E-state index contributed by atoms with van der Waals surface area (Å²) in [5.41, 5.74) is 1.78. The molecule has 0 unspecified atom stereocenters. The van der Waals surface area contributed by atoms with Gasteiger partial charge in [0.1, 0.15) is 35.4 Å². The average Bonchev–Trinajstić information content (AvgIpc) is 2.84. The Balaban J connectivity index is 1.78. The van der Waals surface area contributed by atoms with E-state index in [2.05, 4.69) is 5.32 Å². The van der Waals surface area contributed by atoms with Gasteiger partial charge in [0.15, 0.2) is 0 Å². The minimum Gasteiger partial charge on any atom is -0.497 e. The summed E-state index contributed by atoms with van der Waals surface area (Å²) in [5, 5.41) is 2.88. The van der Waals surface area contributed by atoms with E-state index < -0.39 is 0 Å². The number of rotatable bonds is 10. The quantitative estimate of drug-likeness (QED) is 0.484. The topological polar surface area (TPSA) is 75.3 Å². The summed E-state index contributed by atoms with van der Waals surface area (Å²) in [7, 11) is 4.72. The Morgan fingerprint density at radius 3 is 2.09 bits per heavy atom. The van der Waals surface area contributed by atoms with Gasteiger partial charge in [0, 0.05) is 17.2 Å². The van der Waals surface area contributed by atoms with E-state index in [9.17, 15) is 4.79 Å². The molecule has 168 valence electrons. The van der Waals surface area contributed by atoms with Gasteiger partial charge in [0.05, 0.1) is 33.6 Å². The van der Waals surface area contributed by atoms with Crippen LogP contribution in [-0.2, 0) is 6.61 Å². The summed E-state index contributed by atoms with van der Waals surface area (Å²) in [6, 6.07) is 17.8. The number of carbonyl (C=O) groups excluding carboxylic acids is 1. The molecule has 0 saturated heterocycles. The minimum absolute atomic E-state index is 0.245. The van der Waals surface area contributed by atoms with Crippen molar-refractivity contribution in [1.29, 1.82) is 0 Å². The molecule has 0 atom stereocenters. The summed E-state index contributed by atoms with van der Waals surface area (Å²) >= 11 is 0. The molecule has 3 rings (SSSR count). The molecule has 7 heteroatoms. The Bertz CT molecular complexity index is 1050. The van der Waals surface area contributed by atoms with Crippen molar-refractivity contribution in [2.24, 2.45) is 0 Å². The van der Waals surface area contributed by atoms with Gasteiger partial charge in [0.2, 0.25) is 0 Å². The predicted octanol–water partition coefficient (Wildman–Crippen LogP) is 4.94. The van der Waals surface area contributed by atoms with E-state index in [-0.39, 0.29) is 12.5 Å². The lowest BCUT2D eigenvalue weighted by Crippen LogP contribution is -2.14. The number of hydrogen-bond donors (Lipinski definition) is 1. The van der Waals surface area contributed by atoms with Gasteiger partial charge in [-0.1, -0.05) is 0 Å². The number of methoxy groups -OCH3 is 3. The first-order valence-electron chi connectivity index (χ1n) is 10.1. The van der Waals surface area contributed by atoms with Crippen LogP contribution < -0.4 is 29.0 Å². The zero-order chi connectivity index (χ0) is 22.9. The van der Waals surface area contributed by atoms with E-state index in [1.807, 2.05) is 31.2 Å². The molecule has 3 aromatic carbocycles. The van der Waals surface area contributed by atoms with Gasteiger partial charge in [-0.25, -0.2) is 0 Å². The Labute approximate surface area is 187 Å². The minimum atomic E-state index is -0.276. The highest BCUT2D eigenvalue weighted by Gasteiger charge is 2.14. The zero-order valence-electron chi connectivity index (χ0n) is 18.6. The standard InChI is InChI=1S/C25H27NO6/c1-5-31-23-13-6-17(14-18(23)16-32-20-9-7-19(28-2)8-10-20)25(27)26-22-12-11-21(29-3)15-24(22)30-4/h6-15H,5,16H2,1-4H3,(H,26,27). The highest BCUT2D eigenvalue weighted by molar-refractivity contribution is 6.05. The number of ether oxygens (including phenoxy) is 5. The zero-order valence-corrected chi connectivity index (χ0v) is 18.6. The molecule has 0 aliphatic heterocycles. The molecule has 0 fully saturated rings. The second-order valence-corrected chi connectivity index (χ2v) is 6.74. The number of nitrogens with one attached hydrogen (secondary N) is 1. The maximum absolute atomic E-state index is 12.9. The van der Waals surface area contributed by atoms with Crippen LogP contribution in [0.2, 0.25) is 0 Å². The average molecular weight is 437 g/mol. The van der Waals surface area contributed by atoms with Crippen molar-refractivity contribution in [3.05, 3.63) is 71.8 Å². The lowest BCUT2D eigenvalue weighted by molar-refractivity contribution is 0.102. The number of benzene rings is 3. The Morgan fingerprint density at radius 2 is 1.44 bits per heavy atom. The fourth-order valence-corrected chi connectivity index (χ4v) is 3.06. The van der Waals surface area contributed by atoms with Gasteiger partial charge < -0.3 is 29.0 Å². The van der Waals surface area contributed by atoms with Crippen molar-refractivity contribution < 1.29 is 28.5 Å². The molecule has 0 heterocycles. The molecule has 0 radical (unpaired) electrons. The van der Waals surface area contributed by atoms with Crippen molar-refractivity contribution >= 4 is 11.6 Å². The summed E-state index contributed by atoms with van der Waals surface area (Å²) < 4.78 is 27.3. The van der Waals surface area contributed by atoms with Gasteiger partial charge in [-0.15, -0.1) is 0 Å². The van der Waals surface area contributed by atoms with Crippen LogP contribution in [0.15, 0.2) is 60.7 Å². The molecular weight excluding hydrogens is 410 g/mol. The van der Waals surface area contributed by atoms with Crippen LogP contribution in [0.3, 0.4) is 0 Å². The van der Waals surface area contributed by atoms with Crippen LogP contribution >= 0.6 is 0 Å². The van der Waals surface area contributed by atoms with Crippen molar-refractivity contribution in [3.8, 4) is 28.7 Å². The first-order chi connectivity index (χ1) is 15.6. The van der Waals surface area contributed by atoms with Crippen LogP contribution in [0.5, 0.6) is 28.7 Å². The number of carbonyl (C=O) groups is 1. The molecule has 0 aromatic heterocycles. The highest BCUT2D eigenvalue weighted by atomic mass is 16.5. The second-order valence-electron chi connectivity index (χ2n) is 6.74. The molecule has 32 heavy (non-hydrogen) atoms. The maximum Gasteiger partial charge on any atom is 0.255 e. The van der Waals surface area contributed by atoms with E-state index in [1.165, 1.54) is 7.11 Å². The van der Waals surface area contributed by atoms with Crippen LogP contribution in [0.4, 0.5) is 5.69 Å². The summed E-state index contributed by atoms with van der Waals surface area (Å²) in [6.07, 6.45) is 0. The molecular formula is C25H27NO6. The van der Waals surface area contributed by atoms with Crippen molar-refractivity contribution in [3.63, 3.8) is 0 Å². The summed E-state index contributed by atoms with van der Waals surface area (Å²) in [6.45, 7) is 2.66. The molecule has 1 N–H and O–H groups in total. The normalized spacial score (nSPS) is 10.2. The summed E-state index contributed by atoms with van der Waals surface area (Å²) in [4.78, 5) is 12.9. The van der Waals surface area contributed by atoms with E-state index >= 15 is 0 Å². The van der Waals surface area contributed by atoms with Gasteiger partial charge >= 0.3 is 0 Å². The SMILES string of the molecule is CCOc1ccc(C(=O)Nc2ccc(OC)cc2OC)cc1COc1ccc(OC)cc1. The molecule has 7 nitrogen and oxygen atoms in total. The van der Waals surface area contributed by atoms with E-state index in [0.29, 0.717) is 40.9 Å². The third kappa shape index (κ3) is 5.63. The summed E-state index contributed by atoms with van der Waals surface area (Å²) in [5.74, 6) is 2.97. The van der Waals surface area contributed by atoms with Crippen LogP contribution in [-0.4, -0.2) is 33.8 Å². The van der Waals surface area contributed by atoms with E-state index in [0.717, 1.165) is 11.3 Å². The lowest BCUT2D eigenvalue weighted by Gasteiger charge is -2.15. The Hall–Kier alpha value is -3.87. The van der Waals surface area contributed by atoms with E-state index in [4.69, 9.17) is 23.7 Å². The van der Waals surface area contributed by atoms with Crippen molar-refractivity contribution in [1.82, 2.24) is 0 Å². The van der Waals surface area contributed by atoms with Crippen molar-refractivity contribution in [2.75, 3.05) is 33.3 Å². The van der Waals surface area contributed by atoms with Crippen LogP contribution in [0.1, 0.15) is 22.8 Å². The van der Waals surface area contributed by atoms with Gasteiger partial charge in [0.25, 0.3) is 5.91 Å². The molecule has 0 bridgehead atoms. The van der Waals surface area contributed by atoms with Gasteiger partial charge in [-0.05, 0) is 61.5 Å². The molecule has 0 aliphatic carbocycles. The Morgan fingerprint density at radius 1 is 0.750 bits per heavy atom. The number of hydrogen-bond acceptors (Lipinski definition) is 6. The van der Waals surface area contributed by atoms with Gasteiger partial charge in [-0.3, -0.25) is 4.79 Å². The highest BCUT2D eigenvalue weighted by Crippen LogP contribution is 2.30. The number of amides is 1. The third-order valence-electron chi connectivity index (χ3n) is 4.73. The monoisotopic (exact) mass is 437 g/mol. The third-order valence-corrected chi connectivity index (χ3v) is 4.73. The number of anilines is 1. The second kappa shape index (κ2) is 10.9. The molecule has 0 aliphatic rings. The van der Waals surface area contributed by atoms with E-state index in [1.54, 1.807) is 50.6 Å². The first-order valence-corrected chi connectivity index (χ1v) is 10.1. The molecule has 1 amide bonds. The molecule has 3 aromatic rings.